The third kappa shape index (κ3) is 3.49. The zero-order chi connectivity index (χ0) is 20.8. The quantitative estimate of drug-likeness (QED) is 0.368. The van der Waals surface area contributed by atoms with Gasteiger partial charge in [-0.2, -0.15) is 0 Å². The molecule has 0 heterocycles. The Morgan fingerprint density at radius 1 is 0.966 bits per heavy atom. The maximum atomic E-state index is 9.85. The molecular weight excluding hydrogens is 354 g/mol. The number of fused-ring (bicyclic) bond motifs is 5. The standard InChI is InChI=1S/C27H47NO/c1-18(2)8-6-9-19(3)22-14-15-23-21-13-12-20-10-7-11-25(28-29)27(20,5)24(21)16-17-26(22,23)4/h18-24,29H,6-17H2,1-5H3/b28-25+/t19-,20-,21+,22-,23+,24+,26-,27+/m1/s1. The molecule has 4 aliphatic carbocycles. The average molecular weight is 402 g/mol. The smallest absolute Gasteiger partial charge is 0.0635 e. The second-order valence-corrected chi connectivity index (χ2v) is 12.4. The minimum Gasteiger partial charge on any atom is -0.411 e. The van der Waals surface area contributed by atoms with Gasteiger partial charge >= 0.3 is 0 Å². The summed E-state index contributed by atoms with van der Waals surface area (Å²) in [4.78, 5) is 0. The summed E-state index contributed by atoms with van der Waals surface area (Å²) in [6.07, 6.45) is 16.4. The van der Waals surface area contributed by atoms with Crippen molar-refractivity contribution in [1.82, 2.24) is 0 Å². The predicted molar refractivity (Wildman–Crippen MR) is 122 cm³/mol. The molecule has 0 spiro atoms. The second-order valence-electron chi connectivity index (χ2n) is 12.4. The molecule has 0 amide bonds. The van der Waals surface area contributed by atoms with Crippen molar-refractivity contribution in [2.24, 2.45) is 57.4 Å². The van der Waals surface area contributed by atoms with Crippen LogP contribution in [0, 0.1) is 52.3 Å². The minimum absolute atomic E-state index is 0.179. The first-order valence-electron chi connectivity index (χ1n) is 13.0. The van der Waals surface area contributed by atoms with Crippen molar-refractivity contribution >= 4 is 5.71 Å². The van der Waals surface area contributed by atoms with E-state index in [1.165, 1.54) is 70.6 Å². The topological polar surface area (TPSA) is 32.6 Å². The first-order chi connectivity index (χ1) is 13.8. The van der Waals surface area contributed by atoms with Gasteiger partial charge in [0.1, 0.15) is 0 Å². The van der Waals surface area contributed by atoms with Gasteiger partial charge in [0.15, 0.2) is 0 Å². The number of nitrogens with zero attached hydrogens (tertiary/aromatic N) is 1. The van der Waals surface area contributed by atoms with Crippen LogP contribution in [-0.4, -0.2) is 10.9 Å². The van der Waals surface area contributed by atoms with Gasteiger partial charge in [-0.3, -0.25) is 0 Å². The van der Waals surface area contributed by atoms with Crippen LogP contribution in [0.4, 0.5) is 0 Å². The van der Waals surface area contributed by atoms with Gasteiger partial charge in [-0.05, 0) is 105 Å². The molecular formula is C27H47NO. The highest BCUT2D eigenvalue weighted by Crippen LogP contribution is 2.68. The van der Waals surface area contributed by atoms with Crippen LogP contribution >= 0.6 is 0 Å². The zero-order valence-corrected chi connectivity index (χ0v) is 19.9. The molecule has 0 aromatic carbocycles. The third-order valence-electron chi connectivity index (χ3n) is 10.8. The molecule has 1 N–H and O–H groups in total. The summed E-state index contributed by atoms with van der Waals surface area (Å²) in [5.41, 5.74) is 1.90. The molecule has 4 fully saturated rings. The number of rotatable bonds is 5. The summed E-state index contributed by atoms with van der Waals surface area (Å²) in [6, 6.07) is 0. The normalized spacial score (nSPS) is 47.0. The fourth-order valence-electron chi connectivity index (χ4n) is 9.29. The Morgan fingerprint density at radius 2 is 1.76 bits per heavy atom. The van der Waals surface area contributed by atoms with E-state index >= 15 is 0 Å². The van der Waals surface area contributed by atoms with Crippen LogP contribution in [0.1, 0.15) is 112 Å². The predicted octanol–water partition coefficient (Wildman–Crippen LogP) is 7.94. The van der Waals surface area contributed by atoms with Crippen LogP contribution in [-0.2, 0) is 0 Å². The number of hydrogen-bond acceptors (Lipinski definition) is 2. The van der Waals surface area contributed by atoms with Gasteiger partial charge in [0.05, 0.1) is 5.71 Å². The van der Waals surface area contributed by atoms with Gasteiger partial charge in [-0.25, -0.2) is 0 Å². The van der Waals surface area contributed by atoms with Crippen molar-refractivity contribution in [2.45, 2.75) is 112 Å². The fourth-order valence-corrected chi connectivity index (χ4v) is 9.29. The van der Waals surface area contributed by atoms with Gasteiger partial charge < -0.3 is 5.21 Å². The lowest BCUT2D eigenvalue weighted by atomic mass is 9.44. The molecule has 0 aromatic heterocycles. The summed E-state index contributed by atoms with van der Waals surface area (Å²) >= 11 is 0. The summed E-state index contributed by atoms with van der Waals surface area (Å²) in [5, 5.41) is 13.8. The van der Waals surface area contributed by atoms with Crippen LogP contribution < -0.4 is 0 Å². The Kier molecular flexibility index (Phi) is 6.13. The molecule has 0 aliphatic heterocycles. The molecule has 4 aliphatic rings. The zero-order valence-electron chi connectivity index (χ0n) is 19.9. The maximum absolute atomic E-state index is 9.85. The number of oxime groups is 1. The van der Waals surface area contributed by atoms with E-state index in [0.717, 1.165) is 53.6 Å². The van der Waals surface area contributed by atoms with Crippen molar-refractivity contribution in [2.75, 3.05) is 0 Å². The van der Waals surface area contributed by atoms with E-state index in [2.05, 4.69) is 39.8 Å². The monoisotopic (exact) mass is 401 g/mol. The van der Waals surface area contributed by atoms with Crippen molar-refractivity contribution in [3.8, 4) is 0 Å². The molecule has 0 aromatic rings. The third-order valence-corrected chi connectivity index (χ3v) is 10.8. The Hall–Kier alpha value is -0.530. The summed E-state index contributed by atoms with van der Waals surface area (Å²) in [7, 11) is 0. The lowest BCUT2D eigenvalue weighted by molar-refractivity contribution is -0.0799. The molecule has 166 valence electrons. The van der Waals surface area contributed by atoms with Crippen molar-refractivity contribution < 1.29 is 5.21 Å². The maximum Gasteiger partial charge on any atom is 0.0635 e. The minimum atomic E-state index is 0.179. The van der Waals surface area contributed by atoms with E-state index in [-0.39, 0.29) is 5.41 Å². The van der Waals surface area contributed by atoms with Crippen LogP contribution in [0.5, 0.6) is 0 Å². The summed E-state index contributed by atoms with van der Waals surface area (Å²) < 4.78 is 0. The highest BCUT2D eigenvalue weighted by atomic mass is 16.4. The lowest BCUT2D eigenvalue weighted by Gasteiger charge is -2.60. The molecule has 0 saturated heterocycles. The van der Waals surface area contributed by atoms with Gasteiger partial charge in [-0.15, -0.1) is 0 Å². The molecule has 8 atom stereocenters. The molecule has 0 bridgehead atoms. The highest BCUT2D eigenvalue weighted by molar-refractivity contribution is 5.91. The summed E-state index contributed by atoms with van der Waals surface area (Å²) in [5.74, 6) is 5.98. The van der Waals surface area contributed by atoms with E-state index in [4.69, 9.17) is 0 Å². The van der Waals surface area contributed by atoms with E-state index in [1.54, 1.807) is 0 Å². The van der Waals surface area contributed by atoms with Crippen LogP contribution in [0.2, 0.25) is 0 Å². The average Bonchev–Trinajstić information content (AvgIpc) is 3.04. The van der Waals surface area contributed by atoms with E-state index in [0.29, 0.717) is 5.41 Å². The fraction of sp³-hybridized carbons (Fsp3) is 0.963. The molecule has 2 heteroatoms. The van der Waals surface area contributed by atoms with E-state index in [9.17, 15) is 5.21 Å². The van der Waals surface area contributed by atoms with Crippen molar-refractivity contribution in [3.05, 3.63) is 0 Å². The molecule has 0 unspecified atom stereocenters. The van der Waals surface area contributed by atoms with Crippen molar-refractivity contribution in [1.29, 1.82) is 0 Å². The molecule has 29 heavy (non-hydrogen) atoms. The van der Waals surface area contributed by atoms with Gasteiger partial charge in [0.2, 0.25) is 0 Å². The molecule has 0 radical (unpaired) electrons. The second kappa shape index (κ2) is 8.19. The van der Waals surface area contributed by atoms with Crippen molar-refractivity contribution in [3.63, 3.8) is 0 Å². The lowest BCUT2D eigenvalue weighted by Crippen LogP contribution is -2.56. The van der Waals surface area contributed by atoms with E-state index < -0.39 is 0 Å². The number of hydrogen-bond donors (Lipinski definition) is 1. The first kappa shape index (κ1) is 21.7. The Balaban J connectivity index is 1.51. The van der Waals surface area contributed by atoms with Gasteiger partial charge in [-0.1, -0.05) is 59.0 Å². The van der Waals surface area contributed by atoms with Crippen LogP contribution in [0.15, 0.2) is 5.16 Å². The Morgan fingerprint density at radius 3 is 2.48 bits per heavy atom. The van der Waals surface area contributed by atoms with Crippen LogP contribution in [0.3, 0.4) is 0 Å². The Labute approximate surface area is 180 Å². The van der Waals surface area contributed by atoms with Gasteiger partial charge in [0, 0.05) is 5.41 Å². The first-order valence-corrected chi connectivity index (χ1v) is 13.0. The SMILES string of the molecule is CC(C)CCC[C@@H](C)[C@H]1CC[C@H]2[C@@H]3CC[C@H]4CCC/C(=N\O)[C@]4(C)[C@H]3CC[C@]12C. The largest absolute Gasteiger partial charge is 0.411 e. The molecule has 4 saturated carbocycles. The molecule has 2 nitrogen and oxygen atoms in total. The van der Waals surface area contributed by atoms with Crippen LogP contribution in [0.25, 0.3) is 0 Å². The van der Waals surface area contributed by atoms with Gasteiger partial charge in [0.25, 0.3) is 0 Å². The van der Waals surface area contributed by atoms with E-state index in [1.807, 2.05) is 0 Å². The molecule has 4 rings (SSSR count). The Bertz CT molecular complexity index is 612. The highest BCUT2D eigenvalue weighted by Gasteiger charge is 2.61. The summed E-state index contributed by atoms with van der Waals surface area (Å²) in [6.45, 7) is 12.5.